The lowest BCUT2D eigenvalue weighted by molar-refractivity contribution is 0.631. The molecular formula is C15H18ClN. The summed E-state index contributed by atoms with van der Waals surface area (Å²) in [6, 6.07) is 21.4. The molecule has 0 aliphatic heterocycles. The van der Waals surface area contributed by atoms with Gasteiger partial charge in [-0.2, -0.15) is 0 Å². The van der Waals surface area contributed by atoms with E-state index < -0.39 is 0 Å². The second-order valence-electron chi connectivity index (χ2n) is 3.81. The van der Waals surface area contributed by atoms with Crippen molar-refractivity contribution in [3.05, 3.63) is 71.8 Å². The summed E-state index contributed by atoms with van der Waals surface area (Å²) < 4.78 is 0. The Morgan fingerprint density at radius 3 is 1.59 bits per heavy atom. The van der Waals surface area contributed by atoms with E-state index in [1.165, 1.54) is 11.1 Å². The molecule has 1 nitrogen and oxygen atoms in total. The largest absolute Gasteiger partial charge is 0.307 e. The van der Waals surface area contributed by atoms with E-state index in [1.54, 1.807) is 0 Å². The number of benzene rings is 2. The fourth-order valence-electron chi connectivity index (χ4n) is 1.92. The summed E-state index contributed by atoms with van der Waals surface area (Å²) in [6.45, 7) is 3.10. The molecule has 0 atom stereocenters. The SMILES string of the molecule is CCNC(c1ccccc1)c1ccccc1.Cl. The minimum atomic E-state index is 0. The Hall–Kier alpha value is -1.31. The van der Waals surface area contributed by atoms with Gasteiger partial charge in [0, 0.05) is 0 Å². The molecule has 0 unspecified atom stereocenters. The zero-order chi connectivity index (χ0) is 11.2. The van der Waals surface area contributed by atoms with Gasteiger partial charge in [0.25, 0.3) is 0 Å². The van der Waals surface area contributed by atoms with Gasteiger partial charge in [0.2, 0.25) is 0 Å². The van der Waals surface area contributed by atoms with Crippen molar-refractivity contribution in [1.82, 2.24) is 5.32 Å². The number of hydrogen-bond donors (Lipinski definition) is 1. The van der Waals surface area contributed by atoms with Crippen LogP contribution in [0.2, 0.25) is 0 Å². The monoisotopic (exact) mass is 247 g/mol. The lowest BCUT2D eigenvalue weighted by Crippen LogP contribution is -2.21. The van der Waals surface area contributed by atoms with Crippen LogP contribution in [0.4, 0.5) is 0 Å². The van der Waals surface area contributed by atoms with Gasteiger partial charge in [0.05, 0.1) is 6.04 Å². The molecule has 0 saturated carbocycles. The highest BCUT2D eigenvalue weighted by molar-refractivity contribution is 5.85. The van der Waals surface area contributed by atoms with E-state index in [2.05, 4.69) is 72.9 Å². The van der Waals surface area contributed by atoms with E-state index >= 15 is 0 Å². The molecule has 0 spiro atoms. The van der Waals surface area contributed by atoms with Crippen LogP contribution in [0.3, 0.4) is 0 Å². The summed E-state index contributed by atoms with van der Waals surface area (Å²) in [6.07, 6.45) is 0. The Bertz CT molecular complexity index is 374. The minimum absolute atomic E-state index is 0. The Morgan fingerprint density at radius 2 is 1.24 bits per heavy atom. The maximum absolute atomic E-state index is 3.52. The van der Waals surface area contributed by atoms with Crippen LogP contribution in [0.5, 0.6) is 0 Å². The number of hydrogen-bond acceptors (Lipinski definition) is 1. The summed E-state index contributed by atoms with van der Waals surface area (Å²) in [5.41, 5.74) is 2.63. The van der Waals surface area contributed by atoms with Crippen LogP contribution in [0.1, 0.15) is 24.1 Å². The van der Waals surface area contributed by atoms with Crippen LogP contribution >= 0.6 is 12.4 Å². The molecular weight excluding hydrogens is 230 g/mol. The molecule has 17 heavy (non-hydrogen) atoms. The topological polar surface area (TPSA) is 12.0 Å². The standard InChI is InChI=1S/C15H17N.ClH/c1-2-16-15(13-9-5-3-6-10-13)14-11-7-4-8-12-14;/h3-12,15-16H,2H2,1H3;1H. The van der Waals surface area contributed by atoms with Crippen LogP contribution in [0, 0.1) is 0 Å². The third-order valence-electron chi connectivity index (χ3n) is 2.67. The molecule has 0 amide bonds. The third-order valence-corrected chi connectivity index (χ3v) is 2.67. The van der Waals surface area contributed by atoms with Gasteiger partial charge in [-0.15, -0.1) is 12.4 Å². The minimum Gasteiger partial charge on any atom is -0.307 e. The summed E-state index contributed by atoms with van der Waals surface area (Å²) in [7, 11) is 0. The highest BCUT2D eigenvalue weighted by Gasteiger charge is 2.11. The smallest absolute Gasteiger partial charge is 0.0576 e. The highest BCUT2D eigenvalue weighted by atomic mass is 35.5. The first-order valence-corrected chi connectivity index (χ1v) is 5.75. The van der Waals surface area contributed by atoms with E-state index in [0.717, 1.165) is 6.54 Å². The molecule has 2 aromatic rings. The summed E-state index contributed by atoms with van der Waals surface area (Å²) in [5.74, 6) is 0. The summed E-state index contributed by atoms with van der Waals surface area (Å²) in [5, 5.41) is 3.52. The first-order valence-electron chi connectivity index (χ1n) is 5.75. The van der Waals surface area contributed by atoms with E-state index in [-0.39, 0.29) is 12.4 Å². The molecule has 0 fully saturated rings. The van der Waals surface area contributed by atoms with Crippen molar-refractivity contribution in [3.8, 4) is 0 Å². The number of rotatable bonds is 4. The van der Waals surface area contributed by atoms with Gasteiger partial charge in [-0.1, -0.05) is 67.6 Å². The van der Waals surface area contributed by atoms with Gasteiger partial charge < -0.3 is 5.32 Å². The maximum Gasteiger partial charge on any atom is 0.0576 e. The van der Waals surface area contributed by atoms with Crippen LogP contribution in [-0.2, 0) is 0 Å². The zero-order valence-electron chi connectivity index (χ0n) is 9.97. The predicted molar refractivity (Wildman–Crippen MR) is 75.7 cm³/mol. The summed E-state index contributed by atoms with van der Waals surface area (Å²) >= 11 is 0. The molecule has 1 N–H and O–H groups in total. The molecule has 2 heteroatoms. The van der Waals surface area contributed by atoms with Crippen molar-refractivity contribution in [2.45, 2.75) is 13.0 Å². The Balaban J connectivity index is 0.00000144. The van der Waals surface area contributed by atoms with Gasteiger partial charge in [-0.05, 0) is 17.7 Å². The first-order chi connectivity index (χ1) is 7.92. The first kappa shape index (κ1) is 13.8. The Labute approximate surface area is 109 Å². The quantitative estimate of drug-likeness (QED) is 0.867. The molecule has 0 saturated heterocycles. The van der Waals surface area contributed by atoms with Crippen LogP contribution in [0.25, 0.3) is 0 Å². The molecule has 0 aromatic heterocycles. The lowest BCUT2D eigenvalue weighted by atomic mass is 9.99. The van der Waals surface area contributed by atoms with Gasteiger partial charge in [0.15, 0.2) is 0 Å². The molecule has 0 aliphatic carbocycles. The van der Waals surface area contributed by atoms with Crippen LogP contribution < -0.4 is 5.32 Å². The maximum atomic E-state index is 3.52. The molecule has 2 aromatic carbocycles. The number of nitrogens with one attached hydrogen (secondary N) is 1. The molecule has 2 rings (SSSR count). The van der Waals surface area contributed by atoms with Crippen LogP contribution in [-0.4, -0.2) is 6.54 Å². The van der Waals surface area contributed by atoms with Gasteiger partial charge >= 0.3 is 0 Å². The Morgan fingerprint density at radius 1 is 0.824 bits per heavy atom. The second-order valence-corrected chi connectivity index (χ2v) is 3.81. The molecule has 90 valence electrons. The predicted octanol–water partition coefficient (Wildman–Crippen LogP) is 3.81. The molecule has 0 radical (unpaired) electrons. The van der Waals surface area contributed by atoms with Crippen LogP contribution in [0.15, 0.2) is 60.7 Å². The lowest BCUT2D eigenvalue weighted by Gasteiger charge is -2.18. The van der Waals surface area contributed by atoms with Crippen molar-refractivity contribution in [2.75, 3.05) is 6.54 Å². The van der Waals surface area contributed by atoms with Crippen molar-refractivity contribution >= 4 is 12.4 Å². The molecule has 0 aliphatic rings. The van der Waals surface area contributed by atoms with E-state index in [9.17, 15) is 0 Å². The highest BCUT2D eigenvalue weighted by Crippen LogP contribution is 2.21. The van der Waals surface area contributed by atoms with Crippen molar-refractivity contribution < 1.29 is 0 Å². The molecule has 0 bridgehead atoms. The molecule has 0 heterocycles. The van der Waals surface area contributed by atoms with Crippen molar-refractivity contribution in [3.63, 3.8) is 0 Å². The number of halogens is 1. The average molecular weight is 248 g/mol. The summed E-state index contributed by atoms with van der Waals surface area (Å²) in [4.78, 5) is 0. The third kappa shape index (κ3) is 3.58. The Kier molecular flexibility index (Phi) is 5.75. The van der Waals surface area contributed by atoms with Crippen molar-refractivity contribution in [2.24, 2.45) is 0 Å². The average Bonchev–Trinajstić information content (AvgIpc) is 2.38. The van der Waals surface area contributed by atoms with E-state index in [0.29, 0.717) is 6.04 Å². The fourth-order valence-corrected chi connectivity index (χ4v) is 1.92. The van der Waals surface area contributed by atoms with E-state index in [1.807, 2.05) is 0 Å². The van der Waals surface area contributed by atoms with Gasteiger partial charge in [0.1, 0.15) is 0 Å². The van der Waals surface area contributed by atoms with E-state index in [4.69, 9.17) is 0 Å². The van der Waals surface area contributed by atoms with Gasteiger partial charge in [-0.25, -0.2) is 0 Å². The zero-order valence-corrected chi connectivity index (χ0v) is 10.8. The van der Waals surface area contributed by atoms with Crippen molar-refractivity contribution in [1.29, 1.82) is 0 Å². The normalized spacial score (nSPS) is 10.0. The second kappa shape index (κ2) is 7.10. The fraction of sp³-hybridized carbons (Fsp3) is 0.200. The van der Waals surface area contributed by atoms with Gasteiger partial charge in [-0.3, -0.25) is 0 Å².